The van der Waals surface area contributed by atoms with Crippen LogP contribution in [0.2, 0.25) is 0 Å². The molecule has 10 atom stereocenters. The van der Waals surface area contributed by atoms with Crippen LogP contribution in [0.4, 0.5) is 0 Å². The van der Waals surface area contributed by atoms with Gasteiger partial charge >= 0.3 is 11.9 Å². The zero-order chi connectivity index (χ0) is 36.5. The third-order valence-corrected chi connectivity index (χ3v) is 16.4. The van der Waals surface area contributed by atoms with Gasteiger partial charge in [-0.2, -0.15) is 0 Å². The number of carbonyl (C=O) groups is 4. The molecule has 6 rings (SSSR count). The number of aliphatic carboxylic acids is 1. The molecule has 0 saturated heterocycles. The predicted molar refractivity (Wildman–Crippen MR) is 196 cm³/mol. The maximum Gasteiger partial charge on any atom is 0.309 e. The van der Waals surface area contributed by atoms with Crippen molar-refractivity contribution in [2.45, 2.75) is 158 Å². The van der Waals surface area contributed by atoms with Gasteiger partial charge in [-0.05, 0) is 128 Å². The van der Waals surface area contributed by atoms with Crippen LogP contribution in [0.3, 0.4) is 0 Å². The molecule has 4 N–H and O–H groups in total. The molecule has 0 bridgehead atoms. The van der Waals surface area contributed by atoms with E-state index in [1.54, 1.807) is 13.8 Å². The fourth-order valence-corrected chi connectivity index (χ4v) is 13.3. The molecule has 0 radical (unpaired) electrons. The van der Waals surface area contributed by atoms with Crippen LogP contribution in [0.1, 0.15) is 140 Å². The number of fused-ring (bicyclic) bond motifs is 7. The lowest BCUT2D eigenvalue weighted by Gasteiger charge is -2.72. The van der Waals surface area contributed by atoms with Crippen LogP contribution in [0.5, 0.6) is 0 Å². The third kappa shape index (κ3) is 5.28. The van der Waals surface area contributed by atoms with Crippen LogP contribution in [-0.4, -0.2) is 45.9 Å². The Morgan fingerprint density at radius 2 is 1.50 bits per heavy atom. The average Bonchev–Trinajstić information content (AvgIpc) is 3.25. The van der Waals surface area contributed by atoms with E-state index in [4.69, 9.17) is 10.5 Å². The van der Waals surface area contributed by atoms with E-state index in [9.17, 15) is 24.3 Å². The number of carboxylic acid groups (broad SMARTS) is 1. The van der Waals surface area contributed by atoms with Crippen molar-refractivity contribution in [1.82, 2.24) is 5.32 Å². The normalized spacial score (nSPS) is 42.9. The predicted octanol–water partition coefficient (Wildman–Crippen LogP) is 7.65. The third-order valence-electron chi connectivity index (χ3n) is 16.4. The quantitative estimate of drug-likeness (QED) is 0.240. The summed E-state index contributed by atoms with van der Waals surface area (Å²) in [6.07, 6.45) is 8.24. The number of halogens is 1. The van der Waals surface area contributed by atoms with Crippen molar-refractivity contribution >= 4 is 36.0 Å². The van der Waals surface area contributed by atoms with E-state index in [0.29, 0.717) is 24.7 Å². The minimum Gasteiger partial charge on any atom is -0.481 e. The summed E-state index contributed by atoms with van der Waals surface area (Å²) in [7, 11) is 0. The molecule has 8 nitrogen and oxygen atoms in total. The molecule has 50 heavy (non-hydrogen) atoms. The number of hydrogen-bond donors (Lipinski definition) is 3. The lowest BCUT2D eigenvalue weighted by molar-refractivity contribution is -0.235. The van der Waals surface area contributed by atoms with Crippen molar-refractivity contribution in [3.05, 3.63) is 11.1 Å². The van der Waals surface area contributed by atoms with Gasteiger partial charge in [0, 0.05) is 11.8 Å². The van der Waals surface area contributed by atoms with E-state index >= 15 is 0 Å². The number of hydrogen-bond acceptors (Lipinski definition) is 6. The minimum absolute atomic E-state index is 0. The minimum atomic E-state index is -1.03. The Morgan fingerprint density at radius 3 is 2.06 bits per heavy atom. The lowest BCUT2D eigenvalue weighted by Crippen LogP contribution is -2.68. The Bertz CT molecular complexity index is 1490. The van der Waals surface area contributed by atoms with Crippen molar-refractivity contribution in [2.24, 2.45) is 68.3 Å². The summed E-state index contributed by atoms with van der Waals surface area (Å²) < 4.78 is 6.38. The van der Waals surface area contributed by atoms with Crippen LogP contribution < -0.4 is 11.1 Å². The smallest absolute Gasteiger partial charge is 0.309 e. The van der Waals surface area contributed by atoms with Gasteiger partial charge in [0.1, 0.15) is 6.10 Å². The Morgan fingerprint density at radius 1 is 0.860 bits per heavy atom. The maximum atomic E-state index is 13.8. The number of carboxylic acids is 1. The SMILES string of the molecule is CC(C)C1=C2[C@H]3CC[C@@H]4[C@@]5(C)CC[C@H](OC(=O)[C@H]6C[C@@H](C(=O)O)C6(C)C)C(C)(C)[C@@H]5CC[C@@]4(C)[C@]3(C)CC[C@@]2(NC(=O)C(C)(C)N)CC1=O.Cl. The van der Waals surface area contributed by atoms with Gasteiger partial charge in [-0.1, -0.05) is 62.3 Å². The van der Waals surface area contributed by atoms with Crippen molar-refractivity contribution in [3.63, 3.8) is 0 Å². The summed E-state index contributed by atoms with van der Waals surface area (Å²) in [5.74, 6) is -0.771. The Balaban J connectivity index is 0.00000486. The van der Waals surface area contributed by atoms with E-state index in [-0.39, 0.29) is 75.6 Å². The molecular weight excluding hydrogens is 652 g/mol. The number of ketones is 1. The van der Waals surface area contributed by atoms with Crippen LogP contribution in [0, 0.1) is 62.6 Å². The van der Waals surface area contributed by atoms with E-state index in [1.807, 2.05) is 13.8 Å². The first-order chi connectivity index (χ1) is 22.4. The highest BCUT2D eigenvalue weighted by Crippen LogP contribution is 2.76. The molecule has 5 fully saturated rings. The monoisotopic (exact) mass is 716 g/mol. The van der Waals surface area contributed by atoms with Crippen molar-refractivity contribution in [1.29, 1.82) is 0 Å². The molecule has 9 heteroatoms. The van der Waals surface area contributed by atoms with E-state index in [0.717, 1.165) is 56.9 Å². The second-order valence-corrected chi connectivity index (χ2v) is 20.2. The molecule has 0 aromatic carbocycles. The standard InChI is InChI=1S/C41H64N2O6.ClH/c1-22(2)30-26(44)21-41(43-34(48)37(7,8)42)19-18-39(10)23(31(30)41)12-13-28-38(9)16-15-29(36(5,6)27(38)14-17-40(28,39)11)49-33(47)25-20-24(32(45)46)35(25,3)4;/h22-25,27-29H,12-21,42H2,1-11H3,(H,43,48)(H,45,46);1H/t23-,24+,25-,27+,28-,29+,38+,39-,40-,41-;/m1./s1. The zero-order valence-electron chi connectivity index (χ0n) is 32.6. The van der Waals surface area contributed by atoms with Crippen LogP contribution in [0.15, 0.2) is 11.1 Å². The topological polar surface area (TPSA) is 136 Å². The molecule has 6 aliphatic carbocycles. The second-order valence-electron chi connectivity index (χ2n) is 20.2. The molecule has 0 spiro atoms. The van der Waals surface area contributed by atoms with E-state index in [1.165, 1.54) is 5.57 Å². The molecule has 5 saturated carbocycles. The summed E-state index contributed by atoms with van der Waals surface area (Å²) in [4.78, 5) is 52.5. The van der Waals surface area contributed by atoms with Gasteiger partial charge in [0.15, 0.2) is 5.78 Å². The molecular formula is C41H65ClN2O6. The van der Waals surface area contributed by atoms with Crippen LogP contribution in [-0.2, 0) is 23.9 Å². The Labute approximate surface area is 306 Å². The van der Waals surface area contributed by atoms with Crippen molar-refractivity contribution in [3.8, 4) is 0 Å². The summed E-state index contributed by atoms with van der Waals surface area (Å²) >= 11 is 0. The molecule has 282 valence electrons. The molecule has 0 aromatic rings. The largest absolute Gasteiger partial charge is 0.481 e. The Hall–Kier alpha value is -1.93. The molecule has 0 unspecified atom stereocenters. The number of ether oxygens (including phenoxy) is 1. The molecule has 0 heterocycles. The fourth-order valence-electron chi connectivity index (χ4n) is 13.3. The van der Waals surface area contributed by atoms with Gasteiger partial charge in [-0.3, -0.25) is 19.2 Å². The first-order valence-electron chi connectivity index (χ1n) is 19.2. The zero-order valence-corrected chi connectivity index (χ0v) is 33.4. The number of esters is 1. The van der Waals surface area contributed by atoms with E-state index in [2.05, 4.69) is 53.8 Å². The van der Waals surface area contributed by atoms with Gasteiger partial charge in [0.05, 0.1) is 22.9 Å². The summed E-state index contributed by atoms with van der Waals surface area (Å²) in [5.41, 5.74) is 6.05. The number of carbonyl (C=O) groups excluding carboxylic acids is 3. The highest BCUT2D eigenvalue weighted by atomic mass is 35.5. The highest BCUT2D eigenvalue weighted by molar-refractivity contribution is 6.02. The summed E-state index contributed by atoms with van der Waals surface area (Å²) in [6.45, 7) is 23.7. The molecule has 6 aliphatic rings. The number of Topliss-reactive ketones (excluding diaryl/α,β-unsaturated/α-hetero) is 1. The highest BCUT2D eigenvalue weighted by Gasteiger charge is 2.70. The van der Waals surface area contributed by atoms with Gasteiger partial charge in [0.25, 0.3) is 0 Å². The van der Waals surface area contributed by atoms with E-state index < -0.39 is 28.4 Å². The van der Waals surface area contributed by atoms with Crippen molar-refractivity contribution in [2.75, 3.05) is 0 Å². The number of allylic oxidation sites excluding steroid dienone is 1. The van der Waals surface area contributed by atoms with Crippen LogP contribution in [0.25, 0.3) is 0 Å². The average molecular weight is 717 g/mol. The van der Waals surface area contributed by atoms with Gasteiger partial charge < -0.3 is 20.9 Å². The first-order valence-corrected chi connectivity index (χ1v) is 19.2. The number of rotatable bonds is 6. The number of amides is 1. The first kappa shape index (κ1) is 39.3. The van der Waals surface area contributed by atoms with Crippen LogP contribution >= 0.6 is 12.4 Å². The maximum absolute atomic E-state index is 13.8. The van der Waals surface area contributed by atoms with Gasteiger partial charge in [0.2, 0.25) is 5.91 Å². The fraction of sp³-hybridized carbons (Fsp3) is 0.854. The Kier molecular flexibility index (Phi) is 9.46. The molecule has 0 aromatic heterocycles. The lowest BCUT2D eigenvalue weighted by atomic mass is 9.33. The van der Waals surface area contributed by atoms with Gasteiger partial charge in [-0.25, -0.2) is 0 Å². The second kappa shape index (κ2) is 12.0. The number of nitrogens with two attached hydrogens (primary N) is 1. The summed E-state index contributed by atoms with van der Waals surface area (Å²) in [5, 5.41) is 13.0. The van der Waals surface area contributed by atoms with Gasteiger partial charge in [-0.15, -0.1) is 12.4 Å². The number of nitrogens with one attached hydrogen (secondary N) is 1. The van der Waals surface area contributed by atoms with Crippen molar-refractivity contribution < 1.29 is 29.0 Å². The molecule has 0 aliphatic heterocycles. The summed E-state index contributed by atoms with van der Waals surface area (Å²) in [6, 6.07) is 0. The molecule has 1 amide bonds.